The standard InChI is InChI=1S/C13H11Cl2NOS/c1-8-4-13(17)9(7-18)6-16(8)12-3-2-10(14)5-11(12)15/h2-6,18H,7H2,1H3. The number of aryl methyl sites for hydroxylation is 1. The molecular formula is C13H11Cl2NOS. The summed E-state index contributed by atoms with van der Waals surface area (Å²) in [6.45, 7) is 1.86. The van der Waals surface area contributed by atoms with Gasteiger partial charge in [0.2, 0.25) is 0 Å². The minimum atomic E-state index is -0.0103. The summed E-state index contributed by atoms with van der Waals surface area (Å²) in [5.74, 6) is 0.393. The van der Waals surface area contributed by atoms with E-state index in [0.717, 1.165) is 11.4 Å². The van der Waals surface area contributed by atoms with Crippen LogP contribution >= 0.6 is 35.8 Å². The molecule has 5 heteroatoms. The van der Waals surface area contributed by atoms with E-state index in [4.69, 9.17) is 23.2 Å². The van der Waals surface area contributed by atoms with Gasteiger partial charge >= 0.3 is 0 Å². The van der Waals surface area contributed by atoms with E-state index in [-0.39, 0.29) is 5.43 Å². The minimum Gasteiger partial charge on any atom is -0.319 e. The van der Waals surface area contributed by atoms with Crippen molar-refractivity contribution >= 4 is 35.8 Å². The molecule has 0 aliphatic heterocycles. The number of pyridine rings is 1. The Morgan fingerprint density at radius 1 is 1.28 bits per heavy atom. The van der Waals surface area contributed by atoms with Crippen molar-refractivity contribution in [2.45, 2.75) is 12.7 Å². The molecule has 2 aromatic rings. The number of thiol groups is 1. The van der Waals surface area contributed by atoms with Crippen LogP contribution in [-0.4, -0.2) is 4.57 Å². The fourth-order valence-corrected chi connectivity index (χ4v) is 2.47. The lowest BCUT2D eigenvalue weighted by Gasteiger charge is -2.13. The maximum Gasteiger partial charge on any atom is 0.185 e. The maximum absolute atomic E-state index is 11.7. The zero-order valence-electron chi connectivity index (χ0n) is 9.65. The van der Waals surface area contributed by atoms with Crippen LogP contribution < -0.4 is 5.43 Å². The molecular weight excluding hydrogens is 289 g/mol. The molecule has 0 atom stereocenters. The van der Waals surface area contributed by atoms with Crippen LogP contribution in [0.15, 0.2) is 35.3 Å². The molecule has 0 spiro atoms. The molecule has 0 aliphatic carbocycles. The Morgan fingerprint density at radius 2 is 2.00 bits per heavy atom. The van der Waals surface area contributed by atoms with Crippen molar-refractivity contribution in [2.24, 2.45) is 0 Å². The molecule has 0 saturated heterocycles. The van der Waals surface area contributed by atoms with Gasteiger partial charge in [-0.1, -0.05) is 23.2 Å². The summed E-state index contributed by atoms with van der Waals surface area (Å²) in [6.07, 6.45) is 1.76. The number of nitrogens with zero attached hydrogens (tertiary/aromatic N) is 1. The lowest BCUT2D eigenvalue weighted by molar-refractivity contribution is 0.956. The Kier molecular flexibility index (Phi) is 4.05. The molecule has 0 fully saturated rings. The van der Waals surface area contributed by atoms with Crippen LogP contribution in [0.4, 0.5) is 0 Å². The number of hydrogen-bond acceptors (Lipinski definition) is 2. The first kappa shape index (κ1) is 13.5. The highest BCUT2D eigenvalue weighted by Crippen LogP contribution is 2.25. The summed E-state index contributed by atoms with van der Waals surface area (Å²) in [5, 5.41) is 1.12. The van der Waals surface area contributed by atoms with Crippen molar-refractivity contribution in [2.75, 3.05) is 0 Å². The number of aromatic nitrogens is 1. The zero-order chi connectivity index (χ0) is 13.3. The summed E-state index contributed by atoms with van der Waals surface area (Å²) in [4.78, 5) is 11.7. The van der Waals surface area contributed by atoms with Gasteiger partial charge in [-0.3, -0.25) is 4.79 Å². The molecule has 1 aromatic carbocycles. The van der Waals surface area contributed by atoms with Gasteiger partial charge in [0, 0.05) is 34.3 Å². The van der Waals surface area contributed by atoms with E-state index in [0.29, 0.717) is 21.4 Å². The van der Waals surface area contributed by atoms with Crippen LogP contribution in [0.3, 0.4) is 0 Å². The quantitative estimate of drug-likeness (QED) is 0.835. The summed E-state index contributed by atoms with van der Waals surface area (Å²) in [6, 6.07) is 6.85. The number of halogens is 2. The molecule has 1 aromatic heterocycles. The first-order valence-corrected chi connectivity index (χ1v) is 6.70. The molecule has 0 bridgehead atoms. The third-order valence-electron chi connectivity index (χ3n) is 2.66. The maximum atomic E-state index is 11.7. The van der Waals surface area contributed by atoms with E-state index >= 15 is 0 Å². The van der Waals surface area contributed by atoms with Crippen molar-refractivity contribution in [3.05, 3.63) is 62.0 Å². The third kappa shape index (κ3) is 2.58. The van der Waals surface area contributed by atoms with Crippen molar-refractivity contribution in [1.29, 1.82) is 0 Å². The SMILES string of the molecule is Cc1cc(=O)c(CS)cn1-c1ccc(Cl)cc1Cl. The Balaban J connectivity index is 2.67. The van der Waals surface area contributed by atoms with E-state index in [2.05, 4.69) is 12.6 Å². The minimum absolute atomic E-state index is 0.0103. The molecule has 0 amide bonds. The first-order chi connectivity index (χ1) is 8.52. The molecule has 0 unspecified atom stereocenters. The molecule has 94 valence electrons. The first-order valence-electron chi connectivity index (χ1n) is 5.31. The molecule has 2 rings (SSSR count). The fourth-order valence-electron chi connectivity index (χ4n) is 1.73. The molecule has 1 heterocycles. The average Bonchev–Trinajstić information content (AvgIpc) is 2.30. The van der Waals surface area contributed by atoms with Crippen LogP contribution in [0.2, 0.25) is 10.0 Å². The summed E-state index contributed by atoms with van der Waals surface area (Å²) in [7, 11) is 0. The molecule has 0 N–H and O–H groups in total. The molecule has 2 nitrogen and oxygen atoms in total. The van der Waals surface area contributed by atoms with Crippen LogP contribution in [0.5, 0.6) is 0 Å². The van der Waals surface area contributed by atoms with E-state index in [1.165, 1.54) is 0 Å². The fraction of sp³-hybridized carbons (Fsp3) is 0.154. The second-order valence-electron chi connectivity index (χ2n) is 3.93. The van der Waals surface area contributed by atoms with E-state index in [1.54, 1.807) is 24.4 Å². The zero-order valence-corrected chi connectivity index (χ0v) is 12.1. The predicted molar refractivity (Wildman–Crippen MR) is 79.5 cm³/mol. The third-order valence-corrected chi connectivity index (χ3v) is 3.54. The van der Waals surface area contributed by atoms with Gasteiger partial charge in [0.1, 0.15) is 0 Å². The van der Waals surface area contributed by atoms with E-state index in [9.17, 15) is 4.79 Å². The van der Waals surface area contributed by atoms with Crippen molar-refractivity contribution in [1.82, 2.24) is 4.57 Å². The Hall–Kier alpha value is -0.900. The van der Waals surface area contributed by atoms with Gasteiger partial charge < -0.3 is 4.57 Å². The second-order valence-corrected chi connectivity index (χ2v) is 5.09. The molecule has 0 saturated carbocycles. The van der Waals surface area contributed by atoms with Crippen LogP contribution in [-0.2, 0) is 5.75 Å². The van der Waals surface area contributed by atoms with Gasteiger partial charge in [-0.05, 0) is 25.1 Å². The summed E-state index contributed by atoms with van der Waals surface area (Å²) < 4.78 is 1.87. The highest BCUT2D eigenvalue weighted by atomic mass is 35.5. The highest BCUT2D eigenvalue weighted by molar-refractivity contribution is 7.79. The Bertz CT molecular complexity index is 652. The lowest BCUT2D eigenvalue weighted by atomic mass is 10.2. The highest BCUT2D eigenvalue weighted by Gasteiger charge is 2.08. The Morgan fingerprint density at radius 3 is 2.61 bits per heavy atom. The van der Waals surface area contributed by atoms with Gasteiger partial charge in [0.05, 0.1) is 10.7 Å². The van der Waals surface area contributed by atoms with Gasteiger partial charge in [0.25, 0.3) is 0 Å². The predicted octanol–water partition coefficient (Wildman–Crippen LogP) is 3.88. The van der Waals surface area contributed by atoms with Crippen LogP contribution in [0.25, 0.3) is 5.69 Å². The Labute approximate surface area is 121 Å². The van der Waals surface area contributed by atoms with Crippen LogP contribution in [0, 0.1) is 6.92 Å². The number of rotatable bonds is 2. The molecule has 0 aliphatic rings. The smallest absolute Gasteiger partial charge is 0.185 e. The summed E-state index contributed by atoms with van der Waals surface area (Å²) >= 11 is 16.2. The van der Waals surface area contributed by atoms with Crippen molar-refractivity contribution in [3.8, 4) is 5.69 Å². The second kappa shape index (κ2) is 5.39. The van der Waals surface area contributed by atoms with E-state index in [1.807, 2.05) is 17.6 Å². The normalized spacial score (nSPS) is 10.7. The van der Waals surface area contributed by atoms with Gasteiger partial charge in [-0.15, -0.1) is 0 Å². The number of hydrogen-bond donors (Lipinski definition) is 1. The van der Waals surface area contributed by atoms with Crippen molar-refractivity contribution < 1.29 is 0 Å². The van der Waals surface area contributed by atoms with Crippen LogP contribution in [0.1, 0.15) is 11.3 Å². The van der Waals surface area contributed by atoms with E-state index < -0.39 is 0 Å². The summed E-state index contributed by atoms with van der Waals surface area (Å²) in [5.41, 5.74) is 2.23. The monoisotopic (exact) mass is 299 g/mol. The molecule has 18 heavy (non-hydrogen) atoms. The average molecular weight is 300 g/mol. The van der Waals surface area contributed by atoms with Gasteiger partial charge in [-0.2, -0.15) is 12.6 Å². The van der Waals surface area contributed by atoms with Gasteiger partial charge in [-0.25, -0.2) is 0 Å². The molecule has 0 radical (unpaired) electrons. The lowest BCUT2D eigenvalue weighted by Crippen LogP contribution is -2.13. The van der Waals surface area contributed by atoms with Crippen molar-refractivity contribution in [3.63, 3.8) is 0 Å². The number of benzene rings is 1. The van der Waals surface area contributed by atoms with Gasteiger partial charge in [0.15, 0.2) is 5.43 Å². The topological polar surface area (TPSA) is 22.0 Å². The largest absolute Gasteiger partial charge is 0.319 e.